The number of aliphatic carboxylic acids is 18. The van der Waals surface area contributed by atoms with Crippen molar-refractivity contribution in [2.75, 3.05) is 0 Å². The Kier molecular flexibility index (Phi) is 113. The molecule has 36 nitrogen and oxygen atoms in total. The first-order valence-corrected chi connectivity index (χ1v) is 9.60. The maximum Gasteiger partial charge on any atom is 3.00 e. The van der Waals surface area contributed by atoms with Gasteiger partial charge in [-0.1, -0.05) is 0 Å². The Morgan fingerprint density at radius 1 is 0.150 bits per heavy atom. The molecule has 0 fully saturated rings. The van der Waals surface area contributed by atoms with E-state index in [4.69, 9.17) is 178 Å². The standard InChI is InChI=1S/9C2H2O4.2Ce.2La.2Tb/c9*3-1(4)2(5)6;;;;;;/h9*(H,3,4)(H,5,6);;;;;;/q;;;;;;;;;6*+3/p-18. The van der Waals surface area contributed by atoms with Crippen LogP contribution in [0.25, 0.3) is 0 Å². The minimum absolute atomic E-state index is 0. The fourth-order valence-corrected chi connectivity index (χ4v) is 0. The van der Waals surface area contributed by atoms with E-state index in [1.807, 2.05) is 0 Å². The van der Waals surface area contributed by atoms with Crippen molar-refractivity contribution in [3.8, 4) is 0 Å². The number of carbonyl (C=O) groups is 18. The summed E-state index contributed by atoms with van der Waals surface area (Å²) < 4.78 is 0. The molecule has 0 heterocycles. The molecule has 0 aromatic rings. The topological polar surface area (TPSA) is 722 Å². The average Bonchev–Trinajstić information content (AvgIpc) is 2.99. The van der Waals surface area contributed by atoms with E-state index in [2.05, 4.69) is 0 Å². The van der Waals surface area contributed by atoms with Crippen LogP contribution >= 0.6 is 0 Å². The number of carboxylic acid groups (broad SMARTS) is 18. The minimum atomic E-state index is -2.19. The van der Waals surface area contributed by atoms with Gasteiger partial charge in [-0.05, 0) is 0 Å². The van der Waals surface area contributed by atoms with Crippen LogP contribution in [0.5, 0.6) is 0 Å². The smallest absolute Gasteiger partial charge is 0.543 e. The summed E-state index contributed by atoms with van der Waals surface area (Å²) in [6, 6.07) is 0. The Morgan fingerprint density at radius 2 is 0.167 bits per heavy atom. The zero-order chi connectivity index (χ0) is 46.4. The maximum atomic E-state index is 8.93. The van der Waals surface area contributed by atoms with Gasteiger partial charge < -0.3 is 178 Å². The van der Waals surface area contributed by atoms with Gasteiger partial charge in [0.25, 0.3) is 0 Å². The largest absolute Gasteiger partial charge is 3.00 e. The number of carbonyl (C=O) groups excluding carboxylic acids is 18. The van der Waals surface area contributed by atoms with Gasteiger partial charge in [-0.2, -0.15) is 0 Å². The SMILES string of the molecule is O=C([O-])C(=O)[O-].O=C([O-])C(=O)[O-].O=C([O-])C(=O)[O-].O=C([O-])C(=O)[O-].O=C([O-])C(=O)[O-].O=C([O-])C(=O)[O-].O=C([O-])C(=O)[O-].O=C([O-])C(=O)[O-].O=C([O-])C(=O)[O-].[Ce+3].[Ce+3].[La+3].[La+3].[Tb+3].[Tb+3]. The second kappa shape index (κ2) is 66.3. The van der Waals surface area contributed by atoms with Crippen LogP contribution < -0.4 is 91.9 Å². The van der Waals surface area contributed by atoms with Gasteiger partial charge >= 0.3 is 232 Å². The van der Waals surface area contributed by atoms with Crippen LogP contribution in [0.2, 0.25) is 0 Å². The summed E-state index contributed by atoms with van der Waals surface area (Å²) >= 11 is 0. The zero-order valence-electron chi connectivity index (χ0n) is 26.5. The predicted octanol–water partition coefficient (Wildman–Crippen LogP) is -31.6. The molecule has 0 aromatic carbocycles. The minimum Gasteiger partial charge on any atom is -0.543 e. The molecule has 0 aliphatic carbocycles. The van der Waals surface area contributed by atoms with Crippen molar-refractivity contribution in [3.63, 3.8) is 0 Å². The molecule has 0 saturated heterocycles. The molecule has 0 aliphatic heterocycles. The van der Waals surface area contributed by atoms with E-state index in [1.54, 1.807) is 0 Å². The fourth-order valence-electron chi connectivity index (χ4n) is 0. The van der Waals surface area contributed by atoms with E-state index in [0.29, 0.717) is 0 Å². The van der Waals surface area contributed by atoms with Crippen LogP contribution in [0.4, 0.5) is 0 Å². The second-order valence-electron chi connectivity index (χ2n) is 5.17. The van der Waals surface area contributed by atoms with Crippen molar-refractivity contribution in [2.24, 2.45) is 0 Å². The summed E-state index contributed by atoms with van der Waals surface area (Å²) in [5, 5.41) is 161. The number of hydrogen-bond acceptors (Lipinski definition) is 36. The predicted molar refractivity (Wildman–Crippen MR) is 90.1 cm³/mol. The Hall–Kier alpha value is -1.83. The van der Waals surface area contributed by atoms with Crippen molar-refractivity contribution in [1.29, 1.82) is 0 Å². The zero-order valence-corrected chi connectivity index (χ0v) is 44.3. The fraction of sp³-hybridized carbons (Fsp3) is 0. The molecule has 0 bridgehead atoms. The van der Waals surface area contributed by atoms with Crippen molar-refractivity contribution in [2.45, 2.75) is 0 Å². The summed E-state index contributed by atoms with van der Waals surface area (Å²) in [5.41, 5.74) is 0. The average molecular weight is 1670 g/mol. The molecular weight excluding hydrogens is 1670 g/mol. The maximum absolute atomic E-state index is 8.93. The van der Waals surface area contributed by atoms with Gasteiger partial charge in [-0.15, -0.1) is 0 Å². The van der Waals surface area contributed by atoms with E-state index in [-0.39, 0.29) is 232 Å². The number of hydrogen-bond donors (Lipinski definition) is 0. The quantitative estimate of drug-likeness (QED) is 0.203. The first kappa shape index (κ1) is 102. The summed E-state index contributed by atoms with van der Waals surface area (Å²) in [7, 11) is 0. The van der Waals surface area contributed by atoms with Crippen molar-refractivity contribution < 1.29 is 410 Å². The van der Waals surface area contributed by atoms with Gasteiger partial charge in [-0.3, -0.25) is 0 Å². The molecule has 0 aliphatic rings. The van der Waals surface area contributed by atoms with Crippen molar-refractivity contribution in [3.05, 3.63) is 0 Å². The molecule has 60 heavy (non-hydrogen) atoms. The van der Waals surface area contributed by atoms with E-state index >= 15 is 0 Å². The first-order valence-electron chi connectivity index (χ1n) is 9.60. The molecular formula is C18Ce2La2O36Tb2. The Balaban J connectivity index is -0.0000000288. The second-order valence-corrected chi connectivity index (χ2v) is 5.17. The third-order valence-corrected chi connectivity index (χ3v) is 1.50. The summed E-state index contributed by atoms with van der Waals surface area (Å²) in [6.45, 7) is 0. The normalized spacial score (nSPS) is 6.60. The van der Waals surface area contributed by atoms with Gasteiger partial charge in [0.05, 0.1) is 107 Å². The number of carboxylic acids is 18. The first-order chi connectivity index (χ1) is 23.8. The summed E-state index contributed by atoms with van der Waals surface area (Å²) in [5.74, 6) is -39.3. The van der Waals surface area contributed by atoms with Gasteiger partial charge in [0.15, 0.2) is 0 Å². The van der Waals surface area contributed by atoms with Crippen LogP contribution in [-0.4, -0.2) is 107 Å². The molecule has 0 unspecified atom stereocenters. The van der Waals surface area contributed by atoms with Crippen LogP contribution in [0.1, 0.15) is 0 Å². The van der Waals surface area contributed by atoms with Crippen molar-refractivity contribution >= 4 is 107 Å². The molecule has 0 N–H and O–H groups in total. The third-order valence-electron chi connectivity index (χ3n) is 1.50. The van der Waals surface area contributed by atoms with Crippen LogP contribution in [-0.2, 0) is 86.3 Å². The van der Waals surface area contributed by atoms with Gasteiger partial charge in [0, 0.05) is 0 Å². The van der Waals surface area contributed by atoms with Gasteiger partial charge in [0.1, 0.15) is 0 Å². The Morgan fingerprint density at radius 3 is 0.167 bits per heavy atom. The molecule has 0 spiro atoms. The Labute approximate surface area is 508 Å². The van der Waals surface area contributed by atoms with E-state index < -0.39 is 107 Å². The molecule has 0 saturated carbocycles. The molecule has 320 valence electrons. The van der Waals surface area contributed by atoms with Crippen LogP contribution in [0.15, 0.2) is 0 Å². The van der Waals surface area contributed by atoms with E-state index in [9.17, 15) is 0 Å². The van der Waals surface area contributed by atoms with Gasteiger partial charge in [0.2, 0.25) is 0 Å². The number of rotatable bonds is 0. The molecule has 42 heteroatoms. The van der Waals surface area contributed by atoms with Crippen LogP contribution in [0, 0.1) is 232 Å². The third kappa shape index (κ3) is 146. The van der Waals surface area contributed by atoms with E-state index in [0.717, 1.165) is 0 Å². The molecule has 2 radical (unpaired) electrons. The summed E-state index contributed by atoms with van der Waals surface area (Å²) in [6.07, 6.45) is 0. The van der Waals surface area contributed by atoms with E-state index in [1.165, 1.54) is 0 Å². The monoisotopic (exact) mass is 1670 g/mol. The molecule has 0 rings (SSSR count). The molecule has 0 amide bonds. The van der Waals surface area contributed by atoms with Crippen LogP contribution in [0.3, 0.4) is 0 Å². The Bertz CT molecular complexity index is 1020. The van der Waals surface area contributed by atoms with Crippen molar-refractivity contribution in [1.82, 2.24) is 0 Å². The molecule has 0 atom stereocenters. The molecule has 0 aromatic heterocycles. The summed E-state index contributed by atoms with van der Waals surface area (Å²) in [4.78, 5) is 161. The van der Waals surface area contributed by atoms with Gasteiger partial charge in [-0.25, -0.2) is 0 Å².